The molecular formula is C22H17Cl2NO4S. The molecule has 0 aliphatic carbocycles. The van der Waals surface area contributed by atoms with Crippen molar-refractivity contribution < 1.29 is 17.9 Å². The second-order valence-corrected chi connectivity index (χ2v) is 8.77. The molecule has 0 saturated heterocycles. The van der Waals surface area contributed by atoms with E-state index in [1.54, 1.807) is 54.6 Å². The van der Waals surface area contributed by atoms with Crippen molar-refractivity contribution in [3.63, 3.8) is 0 Å². The third-order valence-corrected chi connectivity index (χ3v) is 6.69. The van der Waals surface area contributed by atoms with Crippen molar-refractivity contribution in [1.29, 1.82) is 0 Å². The Labute approximate surface area is 185 Å². The zero-order chi connectivity index (χ0) is 21.7. The summed E-state index contributed by atoms with van der Waals surface area (Å²) in [5, 5.41) is 0.214. The van der Waals surface area contributed by atoms with Crippen LogP contribution in [0, 0.1) is 0 Å². The topological polar surface area (TPSA) is 63.7 Å². The van der Waals surface area contributed by atoms with E-state index in [0.717, 1.165) is 4.31 Å². The van der Waals surface area contributed by atoms with Gasteiger partial charge in [0.25, 0.3) is 10.0 Å². The van der Waals surface area contributed by atoms with E-state index in [1.807, 2.05) is 0 Å². The minimum absolute atomic E-state index is 0.0348. The Morgan fingerprint density at radius 2 is 1.63 bits per heavy atom. The molecule has 0 radical (unpaired) electrons. The number of ether oxygens (including phenoxy) is 1. The zero-order valence-corrected chi connectivity index (χ0v) is 18.0. The highest BCUT2D eigenvalue weighted by Gasteiger charge is 2.29. The number of hydrogen-bond donors (Lipinski definition) is 0. The molecule has 154 valence electrons. The number of anilines is 1. The average Bonchev–Trinajstić information content (AvgIpc) is 2.73. The maximum absolute atomic E-state index is 13.4. The second kappa shape index (κ2) is 9.34. The summed E-state index contributed by atoms with van der Waals surface area (Å²) in [7, 11) is -4.16. The number of nitrogens with zero attached hydrogens (tertiary/aromatic N) is 1. The Balaban J connectivity index is 2.02. The van der Waals surface area contributed by atoms with Crippen LogP contribution in [0.2, 0.25) is 10.0 Å². The highest BCUT2D eigenvalue weighted by atomic mass is 35.5. The predicted molar refractivity (Wildman–Crippen MR) is 119 cm³/mol. The first-order valence-corrected chi connectivity index (χ1v) is 11.0. The molecule has 5 nitrogen and oxygen atoms in total. The molecule has 3 aromatic carbocycles. The van der Waals surface area contributed by atoms with Gasteiger partial charge in [0.05, 0.1) is 27.8 Å². The highest BCUT2D eigenvalue weighted by Crippen LogP contribution is 2.33. The lowest BCUT2D eigenvalue weighted by Crippen LogP contribution is -2.31. The standard InChI is InChI=1S/C22H17Cl2NO4S/c1-2-14-25(20-11-7-6-10-18(20)23)30(27,28)21-15-16(12-13-19(21)24)22(26)29-17-8-4-3-5-9-17/h2-13,15H,1,14H2. The predicted octanol–water partition coefficient (Wildman–Crippen LogP) is 5.59. The van der Waals surface area contributed by atoms with Crippen molar-refractivity contribution in [3.8, 4) is 5.75 Å². The smallest absolute Gasteiger partial charge is 0.343 e. The van der Waals surface area contributed by atoms with Crippen LogP contribution in [0.4, 0.5) is 5.69 Å². The molecule has 0 heterocycles. The van der Waals surface area contributed by atoms with E-state index < -0.39 is 16.0 Å². The van der Waals surface area contributed by atoms with E-state index in [0.29, 0.717) is 5.75 Å². The van der Waals surface area contributed by atoms with Crippen LogP contribution in [0.3, 0.4) is 0 Å². The first-order valence-electron chi connectivity index (χ1n) is 8.79. The van der Waals surface area contributed by atoms with Gasteiger partial charge in [0.15, 0.2) is 0 Å². The van der Waals surface area contributed by atoms with Crippen molar-refractivity contribution in [1.82, 2.24) is 0 Å². The van der Waals surface area contributed by atoms with E-state index >= 15 is 0 Å². The zero-order valence-electron chi connectivity index (χ0n) is 15.7. The molecule has 3 rings (SSSR count). The number of para-hydroxylation sites is 2. The normalized spacial score (nSPS) is 11.0. The Hall–Kier alpha value is -2.80. The van der Waals surface area contributed by atoms with E-state index in [2.05, 4.69) is 6.58 Å². The molecule has 0 aliphatic heterocycles. The molecule has 0 spiro atoms. The lowest BCUT2D eigenvalue weighted by molar-refractivity contribution is 0.0734. The van der Waals surface area contributed by atoms with Crippen molar-refractivity contribution in [2.45, 2.75) is 4.90 Å². The Kier molecular flexibility index (Phi) is 6.82. The number of carbonyl (C=O) groups is 1. The minimum Gasteiger partial charge on any atom is -0.423 e. The minimum atomic E-state index is -4.16. The summed E-state index contributed by atoms with van der Waals surface area (Å²) < 4.78 is 33.2. The largest absolute Gasteiger partial charge is 0.423 e. The molecular weight excluding hydrogens is 445 g/mol. The van der Waals surface area contributed by atoms with Crippen LogP contribution in [0.5, 0.6) is 5.75 Å². The van der Waals surface area contributed by atoms with Crippen molar-refractivity contribution >= 4 is 44.9 Å². The van der Waals surface area contributed by atoms with E-state index in [1.165, 1.54) is 24.3 Å². The molecule has 0 unspecified atom stereocenters. The fourth-order valence-electron chi connectivity index (χ4n) is 2.70. The summed E-state index contributed by atoms with van der Waals surface area (Å²) in [4.78, 5) is 12.3. The Morgan fingerprint density at radius 3 is 2.30 bits per heavy atom. The first-order chi connectivity index (χ1) is 14.3. The molecule has 0 atom stereocenters. The molecule has 0 saturated carbocycles. The van der Waals surface area contributed by atoms with Crippen LogP contribution < -0.4 is 9.04 Å². The molecule has 0 bridgehead atoms. The summed E-state index contributed by atoms with van der Waals surface area (Å²) in [6, 6.07) is 18.9. The fraction of sp³-hybridized carbons (Fsp3) is 0.0455. The van der Waals surface area contributed by atoms with Crippen LogP contribution in [0.15, 0.2) is 90.3 Å². The molecule has 8 heteroatoms. The summed E-state index contributed by atoms with van der Waals surface area (Å²) in [6.45, 7) is 3.58. The molecule has 0 N–H and O–H groups in total. The second-order valence-electron chi connectivity index (χ2n) is 6.12. The number of halogens is 2. The van der Waals surface area contributed by atoms with Gasteiger partial charge in [-0.1, -0.05) is 59.6 Å². The van der Waals surface area contributed by atoms with Crippen LogP contribution in [0.25, 0.3) is 0 Å². The van der Waals surface area contributed by atoms with Crippen molar-refractivity contribution in [3.05, 3.63) is 101 Å². The average molecular weight is 462 g/mol. The molecule has 30 heavy (non-hydrogen) atoms. The monoisotopic (exact) mass is 461 g/mol. The number of carbonyl (C=O) groups excluding carboxylic acids is 1. The van der Waals surface area contributed by atoms with Crippen LogP contribution >= 0.6 is 23.2 Å². The van der Waals surface area contributed by atoms with Gasteiger partial charge in [-0.3, -0.25) is 4.31 Å². The van der Waals surface area contributed by atoms with Crippen molar-refractivity contribution in [2.24, 2.45) is 0 Å². The Morgan fingerprint density at radius 1 is 0.967 bits per heavy atom. The third-order valence-electron chi connectivity index (χ3n) is 4.10. The van der Waals surface area contributed by atoms with Crippen molar-refractivity contribution in [2.75, 3.05) is 10.8 Å². The molecule has 0 aromatic heterocycles. The van der Waals surface area contributed by atoms with Gasteiger partial charge in [-0.25, -0.2) is 13.2 Å². The lowest BCUT2D eigenvalue weighted by Gasteiger charge is -2.24. The molecule has 0 amide bonds. The maximum atomic E-state index is 13.4. The molecule has 3 aromatic rings. The highest BCUT2D eigenvalue weighted by molar-refractivity contribution is 7.93. The Bertz CT molecular complexity index is 1180. The summed E-state index contributed by atoms with van der Waals surface area (Å²) in [5.41, 5.74) is 0.312. The van der Waals surface area contributed by atoms with Gasteiger partial charge < -0.3 is 4.74 Å². The summed E-state index contributed by atoms with van der Waals surface area (Å²) in [5.74, 6) is -0.367. The van der Waals surface area contributed by atoms with Gasteiger partial charge in [0.1, 0.15) is 10.6 Å². The summed E-state index contributed by atoms with van der Waals surface area (Å²) >= 11 is 12.4. The molecule has 0 aliphatic rings. The van der Waals surface area contributed by atoms with Gasteiger partial charge in [-0.05, 0) is 42.5 Å². The van der Waals surface area contributed by atoms with E-state index in [4.69, 9.17) is 27.9 Å². The van der Waals surface area contributed by atoms with E-state index in [9.17, 15) is 13.2 Å². The van der Waals surface area contributed by atoms with Gasteiger partial charge in [0, 0.05) is 0 Å². The number of hydrogen-bond acceptors (Lipinski definition) is 4. The summed E-state index contributed by atoms with van der Waals surface area (Å²) in [6.07, 6.45) is 1.43. The van der Waals surface area contributed by atoms with Crippen LogP contribution in [-0.4, -0.2) is 20.9 Å². The van der Waals surface area contributed by atoms with Crippen LogP contribution in [-0.2, 0) is 10.0 Å². The maximum Gasteiger partial charge on any atom is 0.343 e. The van der Waals surface area contributed by atoms with E-state index in [-0.39, 0.29) is 32.7 Å². The number of sulfonamides is 1. The SMILES string of the molecule is C=CCN(c1ccccc1Cl)S(=O)(=O)c1cc(C(=O)Oc2ccccc2)ccc1Cl. The van der Waals surface area contributed by atoms with Crippen LogP contribution in [0.1, 0.15) is 10.4 Å². The van der Waals surface area contributed by atoms with Gasteiger partial charge >= 0.3 is 5.97 Å². The first kappa shape index (κ1) is 21.9. The van der Waals surface area contributed by atoms with Gasteiger partial charge in [-0.2, -0.15) is 0 Å². The number of rotatable bonds is 7. The lowest BCUT2D eigenvalue weighted by atomic mass is 10.2. The fourth-order valence-corrected chi connectivity index (χ4v) is 4.94. The van der Waals surface area contributed by atoms with Gasteiger partial charge in [-0.15, -0.1) is 6.58 Å². The van der Waals surface area contributed by atoms with Gasteiger partial charge in [0.2, 0.25) is 0 Å². The molecule has 0 fully saturated rings. The third kappa shape index (κ3) is 4.67. The number of esters is 1. The number of benzene rings is 3. The quantitative estimate of drug-likeness (QED) is 0.261.